The zero-order chi connectivity index (χ0) is 34.3. The minimum absolute atomic E-state index is 0.0450. The fraction of sp³-hybridized carbons (Fsp3) is 0.515. The molecule has 7 nitrogen and oxygen atoms in total. The van der Waals surface area contributed by atoms with Crippen LogP contribution >= 0.6 is 11.3 Å². The van der Waals surface area contributed by atoms with E-state index in [9.17, 15) is 30.7 Å². The van der Waals surface area contributed by atoms with Gasteiger partial charge in [-0.3, -0.25) is 4.90 Å². The summed E-state index contributed by atoms with van der Waals surface area (Å²) in [7, 11) is 0. The smallest absolute Gasteiger partial charge is 0.422 e. The number of aliphatic hydroxyl groups excluding tert-OH is 1. The minimum Gasteiger partial charge on any atom is -0.482 e. The average molecular weight is 703 g/mol. The summed E-state index contributed by atoms with van der Waals surface area (Å²) < 4.78 is 105. The van der Waals surface area contributed by atoms with E-state index < -0.39 is 31.2 Å². The number of hydrogen-bond donors (Lipinski definition) is 4. The number of rotatable bonds is 11. The lowest BCUT2D eigenvalue weighted by molar-refractivity contribution is -0.153. The van der Waals surface area contributed by atoms with Gasteiger partial charge in [0.1, 0.15) is 11.6 Å². The summed E-state index contributed by atoms with van der Waals surface area (Å²) in [4.78, 5) is 2.69. The maximum Gasteiger partial charge on any atom is 0.422 e. The van der Waals surface area contributed by atoms with Crippen LogP contribution in [0.2, 0.25) is 0 Å². The van der Waals surface area contributed by atoms with Crippen LogP contribution in [0.3, 0.4) is 0 Å². The number of nitrogens with zero attached hydrogens (tertiary/aromatic N) is 1. The number of anilines is 3. The molecule has 0 radical (unpaired) electrons. The van der Waals surface area contributed by atoms with Crippen molar-refractivity contribution in [2.45, 2.75) is 56.5 Å². The average Bonchev–Trinajstić information content (AvgIpc) is 3.39. The number of fused-ring (bicyclic) bond motifs is 1. The Morgan fingerprint density at radius 1 is 0.958 bits per heavy atom. The fourth-order valence-electron chi connectivity index (χ4n) is 6.07. The number of halogens is 7. The summed E-state index contributed by atoms with van der Waals surface area (Å²) in [5, 5.41) is 18.3. The van der Waals surface area contributed by atoms with Crippen LogP contribution < -0.4 is 20.7 Å². The van der Waals surface area contributed by atoms with Gasteiger partial charge in [-0.25, -0.2) is 4.39 Å². The van der Waals surface area contributed by atoms with E-state index in [0.717, 1.165) is 81.1 Å². The monoisotopic (exact) mass is 702 g/mol. The largest absolute Gasteiger partial charge is 0.482 e. The van der Waals surface area contributed by atoms with Gasteiger partial charge in [0.05, 0.1) is 59.4 Å². The number of nitrogens with one attached hydrogen (secondary N) is 3. The molecule has 1 saturated heterocycles. The van der Waals surface area contributed by atoms with Gasteiger partial charge in [-0.15, -0.1) is 11.3 Å². The number of morpholine rings is 1. The highest BCUT2D eigenvalue weighted by Gasteiger charge is 2.32. The first-order valence-electron chi connectivity index (χ1n) is 15.7. The molecule has 15 heteroatoms. The second-order valence-electron chi connectivity index (χ2n) is 11.7. The van der Waals surface area contributed by atoms with Crippen LogP contribution in [0.4, 0.5) is 47.8 Å². The van der Waals surface area contributed by atoms with Crippen molar-refractivity contribution >= 4 is 38.5 Å². The van der Waals surface area contributed by atoms with Gasteiger partial charge in [0.25, 0.3) is 0 Å². The molecule has 1 aliphatic carbocycles. The van der Waals surface area contributed by atoms with E-state index in [1.165, 1.54) is 0 Å². The highest BCUT2D eigenvalue weighted by atomic mass is 32.1. The van der Waals surface area contributed by atoms with E-state index in [2.05, 4.69) is 32.7 Å². The topological polar surface area (TPSA) is 78.0 Å². The Hall–Kier alpha value is -3.45. The van der Waals surface area contributed by atoms with Gasteiger partial charge in [0.15, 0.2) is 6.61 Å². The molecule has 2 aliphatic rings. The number of aliphatic hydroxyl groups is 1. The predicted octanol–water partition coefficient (Wildman–Crippen LogP) is 7.01. The Kier molecular flexibility index (Phi) is 11.8. The van der Waals surface area contributed by atoms with Crippen molar-refractivity contribution in [1.82, 2.24) is 4.90 Å². The summed E-state index contributed by atoms with van der Waals surface area (Å²) in [5.41, 5.74) is 0.504. The summed E-state index contributed by atoms with van der Waals surface area (Å²) in [5.74, 6) is 4.42. The SMILES string of the molecule is OCCNc1cc(OCC(F)(F)F)c(NCC#Cc2sc3c(NC4CCC(N5CCOCC5)CC4)cccc3c2CC(F)(F)F)cc1F. The molecule has 0 spiro atoms. The van der Waals surface area contributed by atoms with Gasteiger partial charge in [-0.05, 0) is 42.7 Å². The maximum absolute atomic E-state index is 14.6. The second kappa shape index (κ2) is 15.8. The van der Waals surface area contributed by atoms with Crippen LogP contribution in [0.15, 0.2) is 30.3 Å². The van der Waals surface area contributed by atoms with Gasteiger partial charge in [-0.1, -0.05) is 24.0 Å². The van der Waals surface area contributed by atoms with Crippen molar-refractivity contribution in [2.75, 3.05) is 68.6 Å². The van der Waals surface area contributed by atoms with Crippen molar-refractivity contribution in [3.05, 3.63) is 46.6 Å². The fourth-order valence-corrected chi connectivity index (χ4v) is 7.24. The Bertz CT molecular complexity index is 1590. The lowest BCUT2D eigenvalue weighted by Gasteiger charge is -2.39. The highest BCUT2D eigenvalue weighted by Crippen LogP contribution is 2.40. The number of alkyl halides is 6. The van der Waals surface area contributed by atoms with Crippen molar-refractivity contribution in [3.8, 4) is 17.6 Å². The number of hydrogen-bond acceptors (Lipinski definition) is 8. The van der Waals surface area contributed by atoms with E-state index in [1.54, 1.807) is 12.1 Å². The van der Waals surface area contributed by atoms with Gasteiger partial charge in [0, 0.05) is 43.9 Å². The molecule has 4 N–H and O–H groups in total. The van der Waals surface area contributed by atoms with Gasteiger partial charge in [0.2, 0.25) is 0 Å². The van der Waals surface area contributed by atoms with Gasteiger partial charge >= 0.3 is 12.4 Å². The third-order valence-electron chi connectivity index (χ3n) is 8.27. The Balaban J connectivity index is 1.33. The molecule has 0 amide bonds. The Morgan fingerprint density at radius 2 is 1.71 bits per heavy atom. The molecule has 0 unspecified atom stereocenters. The quantitative estimate of drug-likeness (QED) is 0.127. The Labute approximate surface area is 277 Å². The third-order valence-corrected chi connectivity index (χ3v) is 9.47. The van der Waals surface area contributed by atoms with Crippen LogP contribution in [0.1, 0.15) is 36.1 Å². The number of thiophene rings is 1. The Morgan fingerprint density at radius 3 is 2.40 bits per heavy atom. The zero-order valence-electron chi connectivity index (χ0n) is 26.0. The first-order valence-corrected chi connectivity index (χ1v) is 16.5. The van der Waals surface area contributed by atoms with Crippen LogP contribution in [0.25, 0.3) is 10.1 Å². The van der Waals surface area contributed by atoms with Crippen molar-refractivity contribution < 1.29 is 45.3 Å². The molecular formula is C33H37F7N4O3S. The maximum atomic E-state index is 14.6. The number of benzene rings is 2. The van der Waals surface area contributed by atoms with Crippen molar-refractivity contribution in [1.29, 1.82) is 0 Å². The van der Waals surface area contributed by atoms with Crippen molar-refractivity contribution in [3.63, 3.8) is 0 Å². The molecule has 1 saturated carbocycles. The van der Waals surface area contributed by atoms with Gasteiger partial charge < -0.3 is 30.5 Å². The molecule has 1 aromatic heterocycles. The van der Waals surface area contributed by atoms with E-state index in [-0.39, 0.29) is 53.3 Å². The highest BCUT2D eigenvalue weighted by molar-refractivity contribution is 7.20. The van der Waals surface area contributed by atoms with Crippen LogP contribution in [0, 0.1) is 17.7 Å². The lowest BCUT2D eigenvalue weighted by atomic mass is 9.89. The minimum atomic E-state index is -4.66. The molecule has 2 fully saturated rings. The molecule has 2 aromatic carbocycles. The van der Waals surface area contributed by atoms with E-state index >= 15 is 0 Å². The third kappa shape index (κ3) is 9.81. The first kappa shape index (κ1) is 35.8. The molecule has 0 bridgehead atoms. The molecular weight excluding hydrogens is 665 g/mol. The summed E-state index contributed by atoms with van der Waals surface area (Å²) in [6, 6.07) is 7.88. The van der Waals surface area contributed by atoms with Crippen LogP contribution in [-0.2, 0) is 11.2 Å². The second-order valence-corrected chi connectivity index (χ2v) is 12.7. The van der Waals surface area contributed by atoms with Crippen molar-refractivity contribution in [2.24, 2.45) is 0 Å². The lowest BCUT2D eigenvalue weighted by Crippen LogP contribution is -2.46. The molecule has 5 rings (SSSR count). The molecule has 3 aromatic rings. The van der Waals surface area contributed by atoms with E-state index in [4.69, 9.17) is 14.6 Å². The first-order chi connectivity index (χ1) is 22.9. The molecule has 1 aliphatic heterocycles. The summed E-state index contributed by atoms with van der Waals surface area (Å²) in [6.07, 6.45) is -6.40. The van der Waals surface area contributed by atoms with E-state index in [1.807, 2.05) is 6.07 Å². The molecule has 262 valence electrons. The van der Waals surface area contributed by atoms with Crippen LogP contribution in [0.5, 0.6) is 5.75 Å². The summed E-state index contributed by atoms with van der Waals surface area (Å²) in [6.45, 7) is 1.11. The normalized spacial score (nSPS) is 19.1. The zero-order valence-corrected chi connectivity index (χ0v) is 26.8. The molecule has 0 atom stereocenters. The molecule has 2 heterocycles. The standard InChI is InChI=1S/C33H37F7N4O3S/c34-25-17-28(29(47-20-33(38,39)40)18-27(25)42-11-14-45)41-10-2-5-30-24(19-32(35,36)37)23-3-1-4-26(31(23)48-30)43-21-6-8-22(9-7-21)44-12-15-46-16-13-44/h1,3-4,17-18,21-22,41-43,45H,6-16,19-20H2. The predicted molar refractivity (Wildman–Crippen MR) is 173 cm³/mol. The van der Waals surface area contributed by atoms with E-state index in [0.29, 0.717) is 16.1 Å². The van der Waals surface area contributed by atoms with Crippen LogP contribution in [-0.4, -0.2) is 87.0 Å². The summed E-state index contributed by atoms with van der Waals surface area (Å²) >= 11 is 1.15. The number of ether oxygens (including phenoxy) is 2. The van der Waals surface area contributed by atoms with Gasteiger partial charge in [-0.2, -0.15) is 26.3 Å². The molecule has 48 heavy (non-hydrogen) atoms.